The SMILES string of the molecule is O=C(Cc1ccc([N+](=O)[O-])cc1)NNc1ncnc(Nc2ccccn2)c1[N+](=O)[O-]. The van der Waals surface area contributed by atoms with Crippen molar-refractivity contribution in [1.82, 2.24) is 20.4 Å². The number of nitrogens with zero attached hydrogens (tertiary/aromatic N) is 5. The van der Waals surface area contributed by atoms with Crippen molar-refractivity contribution in [3.05, 3.63) is 80.8 Å². The number of nitro groups is 2. The number of benzene rings is 1. The van der Waals surface area contributed by atoms with E-state index in [0.717, 1.165) is 6.33 Å². The number of aromatic nitrogens is 3. The van der Waals surface area contributed by atoms with Gasteiger partial charge in [-0.1, -0.05) is 18.2 Å². The van der Waals surface area contributed by atoms with E-state index in [9.17, 15) is 25.0 Å². The number of hydrazine groups is 1. The van der Waals surface area contributed by atoms with Gasteiger partial charge in [0.2, 0.25) is 17.5 Å². The van der Waals surface area contributed by atoms with E-state index in [1.807, 2.05) is 0 Å². The van der Waals surface area contributed by atoms with Crippen LogP contribution in [0.5, 0.6) is 0 Å². The lowest BCUT2D eigenvalue weighted by molar-refractivity contribution is -0.384. The highest BCUT2D eigenvalue weighted by atomic mass is 16.6. The van der Waals surface area contributed by atoms with Gasteiger partial charge in [0.05, 0.1) is 16.3 Å². The highest BCUT2D eigenvalue weighted by Gasteiger charge is 2.23. The number of carbonyl (C=O) groups excluding carboxylic acids is 1. The third-order valence-corrected chi connectivity index (χ3v) is 3.75. The third kappa shape index (κ3) is 4.98. The summed E-state index contributed by atoms with van der Waals surface area (Å²) >= 11 is 0. The Balaban J connectivity index is 1.69. The first-order valence-corrected chi connectivity index (χ1v) is 8.39. The molecule has 2 aromatic heterocycles. The molecule has 13 heteroatoms. The van der Waals surface area contributed by atoms with Gasteiger partial charge in [-0.15, -0.1) is 0 Å². The Labute approximate surface area is 168 Å². The number of nitro benzene ring substituents is 1. The molecule has 0 aliphatic carbocycles. The molecule has 0 saturated heterocycles. The summed E-state index contributed by atoms with van der Waals surface area (Å²) in [7, 11) is 0. The maximum absolute atomic E-state index is 12.1. The lowest BCUT2D eigenvalue weighted by Crippen LogP contribution is -2.31. The topological polar surface area (TPSA) is 178 Å². The molecule has 3 rings (SSSR count). The van der Waals surface area contributed by atoms with Crippen molar-refractivity contribution in [2.24, 2.45) is 0 Å². The molecule has 3 aromatic rings. The summed E-state index contributed by atoms with van der Waals surface area (Å²) in [4.78, 5) is 44.7. The summed E-state index contributed by atoms with van der Waals surface area (Å²) in [5.74, 6) is -0.533. The number of rotatable bonds is 8. The van der Waals surface area contributed by atoms with Crippen molar-refractivity contribution in [2.75, 3.05) is 10.7 Å². The lowest BCUT2D eigenvalue weighted by atomic mass is 10.1. The van der Waals surface area contributed by atoms with Gasteiger partial charge in [-0.25, -0.2) is 15.0 Å². The molecule has 0 atom stereocenters. The fourth-order valence-corrected chi connectivity index (χ4v) is 2.39. The van der Waals surface area contributed by atoms with Gasteiger partial charge in [-0.3, -0.25) is 35.9 Å². The summed E-state index contributed by atoms with van der Waals surface area (Å²) in [6, 6.07) is 10.4. The zero-order valence-corrected chi connectivity index (χ0v) is 15.2. The van der Waals surface area contributed by atoms with Crippen molar-refractivity contribution in [3.63, 3.8) is 0 Å². The van der Waals surface area contributed by atoms with E-state index in [0.29, 0.717) is 11.4 Å². The zero-order chi connectivity index (χ0) is 21.5. The molecule has 152 valence electrons. The van der Waals surface area contributed by atoms with Gasteiger partial charge in [0.15, 0.2) is 0 Å². The molecule has 0 fully saturated rings. The predicted molar refractivity (Wildman–Crippen MR) is 105 cm³/mol. The maximum Gasteiger partial charge on any atom is 0.355 e. The van der Waals surface area contributed by atoms with Crippen molar-refractivity contribution in [1.29, 1.82) is 0 Å². The first kappa shape index (κ1) is 20.1. The standard InChI is InChI=1S/C17H14N8O5/c26-14(9-11-4-6-12(7-5-11)24(27)28)22-23-17-15(25(29)30)16(19-10-20-17)21-13-3-1-2-8-18-13/h1-8,10H,9H2,(H,22,26)(H2,18,19,20,21,23). The fourth-order valence-electron chi connectivity index (χ4n) is 2.39. The highest BCUT2D eigenvalue weighted by Crippen LogP contribution is 2.30. The molecular formula is C17H14N8O5. The zero-order valence-electron chi connectivity index (χ0n) is 15.2. The van der Waals surface area contributed by atoms with Crippen LogP contribution in [0, 0.1) is 20.2 Å². The maximum atomic E-state index is 12.1. The first-order chi connectivity index (χ1) is 14.4. The Bertz CT molecular complexity index is 1080. The number of anilines is 3. The molecule has 2 heterocycles. The number of amides is 1. The minimum Gasteiger partial charge on any atom is -0.319 e. The Morgan fingerprint density at radius 2 is 1.67 bits per heavy atom. The molecule has 1 amide bonds. The van der Waals surface area contributed by atoms with Gasteiger partial charge in [0.25, 0.3) is 5.69 Å². The Kier molecular flexibility index (Phi) is 6.02. The second-order valence-electron chi connectivity index (χ2n) is 5.79. The smallest absolute Gasteiger partial charge is 0.319 e. The number of carbonyl (C=O) groups is 1. The van der Waals surface area contributed by atoms with Crippen LogP contribution in [0.4, 0.5) is 28.8 Å². The minimum absolute atomic E-state index is 0.0955. The van der Waals surface area contributed by atoms with Gasteiger partial charge in [0.1, 0.15) is 12.1 Å². The largest absolute Gasteiger partial charge is 0.355 e. The van der Waals surface area contributed by atoms with E-state index in [2.05, 4.69) is 31.1 Å². The summed E-state index contributed by atoms with van der Waals surface area (Å²) in [6.45, 7) is 0. The molecule has 1 aromatic carbocycles. The van der Waals surface area contributed by atoms with Crippen LogP contribution in [0.25, 0.3) is 0 Å². The normalized spacial score (nSPS) is 10.1. The van der Waals surface area contributed by atoms with Crippen molar-refractivity contribution >= 4 is 34.7 Å². The number of hydrogen-bond acceptors (Lipinski definition) is 10. The van der Waals surface area contributed by atoms with Gasteiger partial charge in [-0.2, -0.15) is 0 Å². The van der Waals surface area contributed by atoms with E-state index in [4.69, 9.17) is 0 Å². The Morgan fingerprint density at radius 3 is 2.30 bits per heavy atom. The summed E-state index contributed by atoms with van der Waals surface area (Å²) in [6.07, 6.45) is 2.49. The van der Waals surface area contributed by atoms with Crippen LogP contribution in [-0.2, 0) is 11.2 Å². The lowest BCUT2D eigenvalue weighted by Gasteiger charge is -2.10. The number of nitrogens with one attached hydrogen (secondary N) is 3. The van der Waals surface area contributed by atoms with Crippen LogP contribution < -0.4 is 16.2 Å². The van der Waals surface area contributed by atoms with E-state index in [-0.39, 0.29) is 23.7 Å². The van der Waals surface area contributed by atoms with E-state index in [1.54, 1.807) is 18.2 Å². The first-order valence-electron chi connectivity index (χ1n) is 8.39. The second kappa shape index (κ2) is 9.01. The monoisotopic (exact) mass is 410 g/mol. The van der Waals surface area contributed by atoms with Gasteiger partial charge < -0.3 is 5.32 Å². The van der Waals surface area contributed by atoms with Crippen LogP contribution in [0.1, 0.15) is 5.56 Å². The molecule has 0 aliphatic heterocycles. The van der Waals surface area contributed by atoms with Gasteiger partial charge >= 0.3 is 5.69 Å². The fraction of sp³-hybridized carbons (Fsp3) is 0.0588. The highest BCUT2D eigenvalue weighted by molar-refractivity contribution is 5.81. The summed E-state index contributed by atoms with van der Waals surface area (Å²) in [5.41, 5.74) is 4.66. The molecule has 0 saturated carbocycles. The molecule has 3 N–H and O–H groups in total. The van der Waals surface area contributed by atoms with E-state index >= 15 is 0 Å². The van der Waals surface area contributed by atoms with Crippen LogP contribution >= 0.6 is 0 Å². The van der Waals surface area contributed by atoms with Crippen LogP contribution in [0.3, 0.4) is 0 Å². The third-order valence-electron chi connectivity index (χ3n) is 3.75. The number of non-ortho nitro benzene ring substituents is 1. The molecule has 0 bridgehead atoms. The summed E-state index contributed by atoms with van der Waals surface area (Å²) in [5, 5.41) is 24.9. The van der Waals surface area contributed by atoms with Crippen LogP contribution in [0.15, 0.2) is 55.0 Å². The second-order valence-corrected chi connectivity index (χ2v) is 5.79. The van der Waals surface area contributed by atoms with Crippen molar-refractivity contribution < 1.29 is 14.6 Å². The van der Waals surface area contributed by atoms with Crippen molar-refractivity contribution in [2.45, 2.75) is 6.42 Å². The van der Waals surface area contributed by atoms with Crippen LogP contribution in [0.2, 0.25) is 0 Å². The Morgan fingerprint density at radius 1 is 0.933 bits per heavy atom. The number of pyridine rings is 1. The minimum atomic E-state index is -0.698. The van der Waals surface area contributed by atoms with Crippen molar-refractivity contribution in [3.8, 4) is 0 Å². The van der Waals surface area contributed by atoms with Gasteiger partial charge in [-0.05, 0) is 17.7 Å². The molecule has 0 aliphatic rings. The average Bonchev–Trinajstić information content (AvgIpc) is 2.73. The Hall–Kier alpha value is -4.68. The van der Waals surface area contributed by atoms with Gasteiger partial charge in [0, 0.05) is 18.3 Å². The molecule has 30 heavy (non-hydrogen) atoms. The summed E-state index contributed by atoms with van der Waals surface area (Å²) < 4.78 is 0. The average molecular weight is 410 g/mol. The molecular weight excluding hydrogens is 396 g/mol. The van der Waals surface area contributed by atoms with E-state index in [1.165, 1.54) is 30.5 Å². The predicted octanol–water partition coefficient (Wildman–Crippen LogP) is 2.12. The number of hydrogen-bond donors (Lipinski definition) is 3. The quantitative estimate of drug-likeness (QED) is 0.368. The molecule has 13 nitrogen and oxygen atoms in total. The molecule has 0 unspecified atom stereocenters. The van der Waals surface area contributed by atoms with Crippen LogP contribution in [-0.4, -0.2) is 30.7 Å². The van der Waals surface area contributed by atoms with E-state index < -0.39 is 21.4 Å². The molecule has 0 spiro atoms. The molecule has 0 radical (unpaired) electrons.